The van der Waals surface area contributed by atoms with Crippen molar-refractivity contribution in [3.8, 4) is 5.75 Å². The third-order valence-corrected chi connectivity index (χ3v) is 3.54. The first-order chi connectivity index (χ1) is 10.1. The van der Waals surface area contributed by atoms with Crippen LogP contribution in [0.15, 0.2) is 18.2 Å². The Morgan fingerprint density at radius 1 is 1.52 bits per heavy atom. The zero-order valence-electron chi connectivity index (χ0n) is 11.2. The lowest BCUT2D eigenvalue weighted by Crippen LogP contribution is -2.04. The van der Waals surface area contributed by atoms with E-state index < -0.39 is 4.92 Å². The third-order valence-electron chi connectivity index (χ3n) is 2.57. The van der Waals surface area contributed by atoms with Crippen LogP contribution in [0.2, 0.25) is 5.02 Å². The lowest BCUT2D eigenvalue weighted by Gasteiger charge is -2.07. The standard InChI is InChI=1S/C12H13ClN4O3S/c1-2-5-14-12-9(15-16-21-12)7-20-11-6-8(13)3-4-10(11)17(18)19/h3-4,6,14H,2,5,7H2,1H3. The van der Waals surface area contributed by atoms with Crippen LogP contribution in [0.25, 0.3) is 0 Å². The largest absolute Gasteiger partial charge is 0.480 e. The number of anilines is 1. The second kappa shape index (κ2) is 7.19. The number of halogens is 1. The molecule has 9 heteroatoms. The van der Waals surface area contributed by atoms with Gasteiger partial charge in [-0.3, -0.25) is 10.1 Å². The molecule has 0 radical (unpaired) electrons. The van der Waals surface area contributed by atoms with Crippen molar-refractivity contribution in [2.24, 2.45) is 0 Å². The van der Waals surface area contributed by atoms with Crippen LogP contribution in [0.4, 0.5) is 10.7 Å². The first-order valence-corrected chi connectivity index (χ1v) is 7.38. The van der Waals surface area contributed by atoms with Crippen LogP contribution in [-0.2, 0) is 6.61 Å². The van der Waals surface area contributed by atoms with Gasteiger partial charge in [0.25, 0.3) is 0 Å². The minimum atomic E-state index is -0.513. The molecule has 1 heterocycles. The van der Waals surface area contributed by atoms with E-state index in [1.807, 2.05) is 6.92 Å². The normalized spacial score (nSPS) is 10.4. The van der Waals surface area contributed by atoms with Crippen molar-refractivity contribution >= 4 is 33.8 Å². The fraction of sp³-hybridized carbons (Fsp3) is 0.333. The van der Waals surface area contributed by atoms with E-state index in [0.717, 1.165) is 18.0 Å². The molecular formula is C12H13ClN4O3S. The summed E-state index contributed by atoms with van der Waals surface area (Å²) in [6, 6.07) is 4.18. The number of hydrogen-bond donors (Lipinski definition) is 1. The number of hydrogen-bond acceptors (Lipinski definition) is 7. The number of benzene rings is 1. The van der Waals surface area contributed by atoms with Crippen LogP contribution >= 0.6 is 23.1 Å². The molecule has 0 saturated heterocycles. The van der Waals surface area contributed by atoms with Gasteiger partial charge in [-0.1, -0.05) is 23.0 Å². The summed E-state index contributed by atoms with van der Waals surface area (Å²) in [4.78, 5) is 10.4. The molecule has 0 saturated carbocycles. The number of nitro groups is 1. The number of nitrogens with zero attached hydrogens (tertiary/aromatic N) is 3. The summed E-state index contributed by atoms with van der Waals surface area (Å²) in [5.41, 5.74) is 0.480. The van der Waals surface area contributed by atoms with Crippen molar-refractivity contribution in [2.75, 3.05) is 11.9 Å². The van der Waals surface area contributed by atoms with E-state index in [0.29, 0.717) is 10.7 Å². The van der Waals surface area contributed by atoms with Crippen LogP contribution in [0.3, 0.4) is 0 Å². The maximum atomic E-state index is 10.9. The first kappa shape index (κ1) is 15.5. The van der Waals surface area contributed by atoms with E-state index >= 15 is 0 Å². The molecule has 0 amide bonds. The highest BCUT2D eigenvalue weighted by molar-refractivity contribution is 7.10. The molecule has 1 aromatic heterocycles. The highest BCUT2D eigenvalue weighted by atomic mass is 35.5. The molecule has 0 fully saturated rings. The molecule has 1 N–H and O–H groups in total. The summed E-state index contributed by atoms with van der Waals surface area (Å²) in [7, 11) is 0. The van der Waals surface area contributed by atoms with Gasteiger partial charge in [0, 0.05) is 35.2 Å². The van der Waals surface area contributed by atoms with Crippen molar-refractivity contribution < 1.29 is 9.66 Å². The van der Waals surface area contributed by atoms with Gasteiger partial charge in [-0.15, -0.1) is 5.10 Å². The molecule has 7 nitrogen and oxygen atoms in total. The van der Waals surface area contributed by atoms with Gasteiger partial charge in [-0.25, -0.2) is 0 Å². The molecular weight excluding hydrogens is 316 g/mol. The number of rotatable bonds is 7. The van der Waals surface area contributed by atoms with E-state index in [4.69, 9.17) is 16.3 Å². The topological polar surface area (TPSA) is 90.2 Å². The van der Waals surface area contributed by atoms with E-state index in [1.54, 1.807) is 0 Å². The maximum absolute atomic E-state index is 10.9. The Labute approximate surface area is 130 Å². The second-order valence-corrected chi connectivity index (χ2v) is 5.32. The van der Waals surface area contributed by atoms with Crippen molar-refractivity contribution in [1.82, 2.24) is 9.59 Å². The maximum Gasteiger partial charge on any atom is 0.311 e. The molecule has 1 aromatic carbocycles. The summed E-state index contributed by atoms with van der Waals surface area (Å²) in [6.07, 6.45) is 0.970. The zero-order valence-corrected chi connectivity index (χ0v) is 12.8. The summed E-state index contributed by atoms with van der Waals surface area (Å²) in [5.74, 6) is 0.113. The monoisotopic (exact) mass is 328 g/mol. The summed E-state index contributed by atoms with van der Waals surface area (Å²) < 4.78 is 9.33. The van der Waals surface area contributed by atoms with Gasteiger partial charge >= 0.3 is 5.69 Å². The number of aromatic nitrogens is 2. The van der Waals surface area contributed by atoms with Gasteiger partial charge in [-0.05, 0) is 12.5 Å². The Kier molecular flexibility index (Phi) is 5.29. The van der Waals surface area contributed by atoms with Crippen LogP contribution in [0.1, 0.15) is 19.0 Å². The van der Waals surface area contributed by atoms with Crippen molar-refractivity contribution in [3.05, 3.63) is 39.0 Å². The van der Waals surface area contributed by atoms with Gasteiger partial charge < -0.3 is 10.1 Å². The number of nitro benzene ring substituents is 1. The van der Waals surface area contributed by atoms with E-state index in [-0.39, 0.29) is 18.0 Å². The Balaban J connectivity index is 2.11. The smallest absolute Gasteiger partial charge is 0.311 e. The fourth-order valence-corrected chi connectivity index (χ4v) is 2.33. The molecule has 0 atom stereocenters. The second-order valence-electron chi connectivity index (χ2n) is 4.13. The van der Waals surface area contributed by atoms with Gasteiger partial charge in [-0.2, -0.15) is 0 Å². The van der Waals surface area contributed by atoms with Gasteiger partial charge in [0.15, 0.2) is 5.75 Å². The lowest BCUT2D eigenvalue weighted by molar-refractivity contribution is -0.385. The molecule has 2 aromatic rings. The fourth-order valence-electron chi connectivity index (χ4n) is 1.58. The molecule has 0 aliphatic heterocycles. The van der Waals surface area contributed by atoms with Crippen LogP contribution < -0.4 is 10.1 Å². The number of nitrogens with one attached hydrogen (secondary N) is 1. The Bertz CT molecular complexity index is 635. The van der Waals surface area contributed by atoms with E-state index in [1.165, 1.54) is 29.7 Å². The third kappa shape index (κ3) is 4.02. The molecule has 2 rings (SSSR count). The molecule has 0 bridgehead atoms. The average molecular weight is 329 g/mol. The summed E-state index contributed by atoms with van der Waals surface area (Å²) in [5, 5.41) is 19.3. The van der Waals surface area contributed by atoms with Crippen molar-refractivity contribution in [2.45, 2.75) is 20.0 Å². The van der Waals surface area contributed by atoms with E-state index in [2.05, 4.69) is 14.9 Å². The summed E-state index contributed by atoms with van der Waals surface area (Å²) >= 11 is 7.07. The van der Waals surface area contributed by atoms with Crippen LogP contribution in [0.5, 0.6) is 5.75 Å². The Morgan fingerprint density at radius 2 is 2.33 bits per heavy atom. The van der Waals surface area contributed by atoms with Gasteiger partial charge in [0.05, 0.1) is 4.92 Å². The lowest BCUT2D eigenvalue weighted by atomic mass is 10.3. The predicted molar refractivity (Wildman–Crippen MR) is 81.1 cm³/mol. The molecule has 21 heavy (non-hydrogen) atoms. The molecule has 0 aliphatic carbocycles. The molecule has 0 unspecified atom stereocenters. The average Bonchev–Trinajstić information content (AvgIpc) is 2.90. The zero-order chi connectivity index (χ0) is 15.2. The van der Waals surface area contributed by atoms with Gasteiger partial charge in [0.1, 0.15) is 17.3 Å². The first-order valence-electron chi connectivity index (χ1n) is 6.23. The molecule has 0 aliphatic rings. The van der Waals surface area contributed by atoms with Crippen molar-refractivity contribution in [3.63, 3.8) is 0 Å². The molecule has 112 valence electrons. The Hall–Kier alpha value is -1.93. The van der Waals surface area contributed by atoms with Crippen molar-refractivity contribution in [1.29, 1.82) is 0 Å². The SMILES string of the molecule is CCCNc1snnc1COc1cc(Cl)ccc1[N+](=O)[O-]. The van der Waals surface area contributed by atoms with Crippen LogP contribution in [0, 0.1) is 10.1 Å². The highest BCUT2D eigenvalue weighted by Crippen LogP contribution is 2.31. The molecule has 0 spiro atoms. The Morgan fingerprint density at radius 3 is 3.05 bits per heavy atom. The minimum absolute atomic E-state index is 0.0870. The quantitative estimate of drug-likeness (QED) is 0.618. The van der Waals surface area contributed by atoms with E-state index in [9.17, 15) is 10.1 Å². The van der Waals surface area contributed by atoms with Gasteiger partial charge in [0.2, 0.25) is 0 Å². The number of ether oxygens (including phenoxy) is 1. The summed E-state index contributed by atoms with van der Waals surface area (Å²) in [6.45, 7) is 2.94. The van der Waals surface area contributed by atoms with Crippen LogP contribution in [-0.4, -0.2) is 21.1 Å². The minimum Gasteiger partial charge on any atom is -0.480 e. The predicted octanol–water partition coefficient (Wildman–Crippen LogP) is 3.50. The highest BCUT2D eigenvalue weighted by Gasteiger charge is 2.17.